The molecule has 4 amide bonds. The Hall–Kier alpha value is -4.30. The molecule has 1 heterocycles. The van der Waals surface area contributed by atoms with Crippen LogP contribution >= 0.6 is 11.6 Å². The maximum absolute atomic E-state index is 13.0. The van der Waals surface area contributed by atoms with Gasteiger partial charge in [-0.3, -0.25) is 25.0 Å². The van der Waals surface area contributed by atoms with Gasteiger partial charge < -0.3 is 0 Å². The zero-order valence-corrected chi connectivity index (χ0v) is 17.8. The minimum Gasteiger partial charge on any atom is -0.273 e. The third-order valence-electron chi connectivity index (χ3n) is 5.04. The molecule has 3 aromatic rings. The topological polar surface area (TPSA) is 110 Å². The number of anilines is 1. The molecule has 33 heavy (non-hydrogen) atoms. The lowest BCUT2D eigenvalue weighted by Gasteiger charge is -2.26. The number of amides is 4. The first-order valence-corrected chi connectivity index (χ1v) is 10.2. The fourth-order valence-corrected chi connectivity index (χ4v) is 3.60. The van der Waals surface area contributed by atoms with Crippen molar-refractivity contribution in [1.82, 2.24) is 5.32 Å². The summed E-state index contributed by atoms with van der Waals surface area (Å²) >= 11 is 6.21. The fraction of sp³-hybridized carbons (Fsp3) is 0.0417. The van der Waals surface area contributed by atoms with Gasteiger partial charge in [-0.25, -0.2) is 9.69 Å². The molecule has 0 aromatic heterocycles. The fourth-order valence-electron chi connectivity index (χ4n) is 3.40. The van der Waals surface area contributed by atoms with E-state index in [9.17, 15) is 24.5 Å². The molecule has 1 aliphatic heterocycles. The van der Waals surface area contributed by atoms with Crippen LogP contribution in [0.25, 0.3) is 6.08 Å². The molecule has 1 fully saturated rings. The third-order valence-corrected chi connectivity index (χ3v) is 5.41. The summed E-state index contributed by atoms with van der Waals surface area (Å²) in [4.78, 5) is 48.7. The van der Waals surface area contributed by atoms with Crippen molar-refractivity contribution < 1.29 is 19.3 Å². The average molecular weight is 462 g/mol. The van der Waals surface area contributed by atoms with Gasteiger partial charge in [-0.05, 0) is 41.3 Å². The highest BCUT2D eigenvalue weighted by Crippen LogP contribution is 2.26. The van der Waals surface area contributed by atoms with E-state index in [-0.39, 0.29) is 16.9 Å². The summed E-state index contributed by atoms with van der Waals surface area (Å²) < 4.78 is 0. The molecule has 3 aromatic carbocycles. The molecular weight excluding hydrogens is 446 g/mol. The number of hydrogen-bond acceptors (Lipinski definition) is 5. The molecule has 9 heteroatoms. The number of benzene rings is 3. The highest BCUT2D eigenvalue weighted by atomic mass is 35.5. The smallest absolute Gasteiger partial charge is 0.273 e. The Labute approximate surface area is 193 Å². The molecule has 1 N–H and O–H groups in total. The average Bonchev–Trinajstić information content (AvgIpc) is 2.79. The molecule has 1 saturated heterocycles. The molecular formula is C24H16ClN3O5. The molecule has 0 aliphatic carbocycles. The number of carbonyl (C=O) groups is 3. The van der Waals surface area contributed by atoms with Crippen molar-refractivity contribution >= 4 is 46.9 Å². The number of imide groups is 2. The molecule has 4 rings (SSSR count). The molecule has 8 nitrogen and oxygen atoms in total. The maximum Gasteiger partial charge on any atom is 0.335 e. The van der Waals surface area contributed by atoms with Gasteiger partial charge in [0.15, 0.2) is 0 Å². The van der Waals surface area contributed by atoms with Crippen molar-refractivity contribution in [3.05, 3.63) is 110 Å². The lowest BCUT2D eigenvalue weighted by atomic mass is 10.0. The van der Waals surface area contributed by atoms with Crippen molar-refractivity contribution in [1.29, 1.82) is 0 Å². The number of barbiturate groups is 1. The number of non-ortho nitro benzene ring substituents is 1. The van der Waals surface area contributed by atoms with E-state index in [0.29, 0.717) is 21.9 Å². The predicted octanol–water partition coefficient (Wildman–Crippen LogP) is 4.51. The molecule has 0 atom stereocenters. The molecule has 0 saturated carbocycles. The molecule has 164 valence electrons. The largest absolute Gasteiger partial charge is 0.335 e. The lowest BCUT2D eigenvalue weighted by Crippen LogP contribution is -2.54. The number of nitrogens with one attached hydrogen (secondary N) is 1. The zero-order valence-electron chi connectivity index (χ0n) is 17.0. The number of halogens is 1. The summed E-state index contributed by atoms with van der Waals surface area (Å²) in [6.45, 7) is 0. The van der Waals surface area contributed by atoms with Crippen LogP contribution in [0, 0.1) is 10.1 Å². The van der Waals surface area contributed by atoms with Gasteiger partial charge in [-0.2, -0.15) is 0 Å². The molecule has 0 bridgehead atoms. The van der Waals surface area contributed by atoms with Crippen LogP contribution in [0.15, 0.2) is 78.4 Å². The van der Waals surface area contributed by atoms with Crippen LogP contribution in [-0.2, 0) is 16.0 Å². The first-order valence-electron chi connectivity index (χ1n) is 9.82. The second kappa shape index (κ2) is 9.05. The van der Waals surface area contributed by atoms with Crippen LogP contribution in [0.1, 0.15) is 16.7 Å². The van der Waals surface area contributed by atoms with Gasteiger partial charge in [-0.15, -0.1) is 0 Å². The number of nitrogens with zero attached hydrogens (tertiary/aromatic N) is 2. The maximum atomic E-state index is 13.0. The number of nitro groups is 1. The van der Waals surface area contributed by atoms with Gasteiger partial charge in [0.1, 0.15) is 5.57 Å². The van der Waals surface area contributed by atoms with Crippen LogP contribution in [0.4, 0.5) is 16.2 Å². The van der Waals surface area contributed by atoms with Gasteiger partial charge in [0, 0.05) is 17.2 Å². The second-order valence-corrected chi connectivity index (χ2v) is 7.65. The zero-order chi connectivity index (χ0) is 23.5. The van der Waals surface area contributed by atoms with Crippen molar-refractivity contribution in [3.8, 4) is 0 Å². The minimum absolute atomic E-state index is 0.0137. The first-order chi connectivity index (χ1) is 15.8. The summed E-state index contributed by atoms with van der Waals surface area (Å²) in [6, 6.07) is 18.8. The Bertz CT molecular complexity index is 1320. The highest BCUT2D eigenvalue weighted by Gasteiger charge is 2.37. The number of urea groups is 1. The van der Waals surface area contributed by atoms with E-state index >= 15 is 0 Å². The monoisotopic (exact) mass is 461 g/mol. The van der Waals surface area contributed by atoms with Crippen LogP contribution in [0.5, 0.6) is 0 Å². The van der Waals surface area contributed by atoms with Crippen molar-refractivity contribution in [2.24, 2.45) is 0 Å². The minimum atomic E-state index is -0.974. The standard InChI is InChI=1S/C24H16ClN3O5/c25-21-7-2-1-4-17(21)12-15-8-10-16(11-9-15)13-20-22(29)26-24(31)27(23(20)30)18-5-3-6-19(14-18)28(32)33/h1-11,13-14H,12H2,(H,26,29,31)/b20-13+. The molecule has 0 unspecified atom stereocenters. The number of carbonyl (C=O) groups excluding carboxylic acids is 3. The van der Waals surface area contributed by atoms with Gasteiger partial charge in [0.2, 0.25) is 0 Å². The second-order valence-electron chi connectivity index (χ2n) is 7.24. The van der Waals surface area contributed by atoms with Gasteiger partial charge in [-0.1, -0.05) is 60.1 Å². The first kappa shape index (κ1) is 21.9. The van der Waals surface area contributed by atoms with E-state index in [0.717, 1.165) is 17.2 Å². The number of hydrogen-bond donors (Lipinski definition) is 1. The summed E-state index contributed by atoms with van der Waals surface area (Å²) in [5.74, 6) is -1.71. The SMILES string of the molecule is O=C1NC(=O)N(c2cccc([N+](=O)[O-])c2)C(=O)/C1=C/c1ccc(Cc2ccccc2Cl)cc1. The Morgan fingerprint density at radius 2 is 1.70 bits per heavy atom. The van der Waals surface area contributed by atoms with E-state index in [2.05, 4.69) is 5.32 Å². The third kappa shape index (κ3) is 4.65. The van der Waals surface area contributed by atoms with Crippen LogP contribution < -0.4 is 10.2 Å². The van der Waals surface area contributed by atoms with Crippen molar-refractivity contribution in [3.63, 3.8) is 0 Å². The van der Waals surface area contributed by atoms with Gasteiger partial charge in [0.25, 0.3) is 17.5 Å². The van der Waals surface area contributed by atoms with Crippen LogP contribution in [-0.4, -0.2) is 22.8 Å². The van der Waals surface area contributed by atoms with E-state index in [1.165, 1.54) is 24.3 Å². The quantitative estimate of drug-likeness (QED) is 0.260. The van der Waals surface area contributed by atoms with Crippen molar-refractivity contribution in [2.75, 3.05) is 4.90 Å². The Morgan fingerprint density at radius 3 is 2.39 bits per heavy atom. The summed E-state index contributed by atoms with van der Waals surface area (Å²) in [6.07, 6.45) is 1.98. The molecule has 0 spiro atoms. The highest BCUT2D eigenvalue weighted by molar-refractivity contribution is 6.39. The molecule has 0 radical (unpaired) electrons. The normalized spacial score (nSPS) is 15.0. The Kier molecular flexibility index (Phi) is 6.01. The van der Waals surface area contributed by atoms with Gasteiger partial charge in [0.05, 0.1) is 10.6 Å². The van der Waals surface area contributed by atoms with Crippen LogP contribution in [0.2, 0.25) is 5.02 Å². The molecule has 1 aliphatic rings. The van der Waals surface area contributed by atoms with Crippen molar-refractivity contribution in [2.45, 2.75) is 6.42 Å². The predicted molar refractivity (Wildman–Crippen MR) is 123 cm³/mol. The lowest BCUT2D eigenvalue weighted by molar-refractivity contribution is -0.384. The summed E-state index contributed by atoms with van der Waals surface area (Å²) in [7, 11) is 0. The van der Waals surface area contributed by atoms with E-state index < -0.39 is 22.8 Å². The summed E-state index contributed by atoms with van der Waals surface area (Å²) in [5, 5.41) is 13.8. The van der Waals surface area contributed by atoms with E-state index in [4.69, 9.17) is 11.6 Å². The van der Waals surface area contributed by atoms with Crippen LogP contribution in [0.3, 0.4) is 0 Å². The Morgan fingerprint density at radius 1 is 0.970 bits per heavy atom. The van der Waals surface area contributed by atoms with E-state index in [1.807, 2.05) is 36.4 Å². The van der Waals surface area contributed by atoms with Gasteiger partial charge >= 0.3 is 6.03 Å². The summed E-state index contributed by atoms with van der Waals surface area (Å²) in [5.41, 5.74) is 1.96. The Balaban J connectivity index is 1.60. The van der Waals surface area contributed by atoms with E-state index in [1.54, 1.807) is 12.1 Å². The number of rotatable bonds is 5. The number of nitro benzene ring substituents is 1.